The Labute approximate surface area is 153 Å². The number of rotatable bonds is 5. The third-order valence-electron chi connectivity index (χ3n) is 6.38. The first-order valence-corrected chi connectivity index (χ1v) is 9.64. The molecule has 1 saturated carbocycles. The van der Waals surface area contributed by atoms with Crippen molar-refractivity contribution in [3.05, 3.63) is 40.1 Å². The number of nitrogens with one attached hydrogen (secondary N) is 1. The van der Waals surface area contributed by atoms with Gasteiger partial charge in [-0.05, 0) is 68.4 Å². The summed E-state index contributed by atoms with van der Waals surface area (Å²) in [4.78, 5) is 14.5. The van der Waals surface area contributed by atoms with Gasteiger partial charge in [0.15, 0.2) is 11.6 Å². The van der Waals surface area contributed by atoms with E-state index in [0.717, 1.165) is 43.9 Å². The SMILES string of the molecule is CC[C@@H](N)C1(CC)CCC(Oc2c(F)cc3c(=O)[nH]ccc3c2C)CC1. The molecule has 2 aromatic rings. The van der Waals surface area contributed by atoms with Crippen LogP contribution in [0.25, 0.3) is 10.8 Å². The molecule has 0 saturated heterocycles. The minimum Gasteiger partial charge on any atom is -0.487 e. The smallest absolute Gasteiger partial charge is 0.255 e. The van der Waals surface area contributed by atoms with Gasteiger partial charge >= 0.3 is 0 Å². The summed E-state index contributed by atoms with van der Waals surface area (Å²) in [5, 5.41) is 1.09. The Bertz CT molecular complexity index is 838. The molecule has 1 atom stereocenters. The standard InChI is InChI=1S/C21H29FN2O2/c1-4-18(23)21(5-2)9-6-14(7-10-21)26-19-13(3)15-8-11-24-20(25)16(15)12-17(19)22/h8,11-12,14,18H,4-7,9-10,23H2,1-3H3,(H,24,25)/t14?,18-,21?/m1/s1. The van der Waals surface area contributed by atoms with Crippen molar-refractivity contribution in [2.45, 2.75) is 71.4 Å². The molecule has 1 aliphatic carbocycles. The van der Waals surface area contributed by atoms with E-state index in [1.54, 1.807) is 12.3 Å². The van der Waals surface area contributed by atoms with Crippen molar-refractivity contribution in [1.82, 2.24) is 4.98 Å². The van der Waals surface area contributed by atoms with Crippen LogP contribution in [0.4, 0.5) is 4.39 Å². The highest BCUT2D eigenvalue weighted by atomic mass is 19.1. The molecule has 3 N–H and O–H groups in total. The van der Waals surface area contributed by atoms with E-state index in [1.165, 1.54) is 6.07 Å². The summed E-state index contributed by atoms with van der Waals surface area (Å²) < 4.78 is 20.7. The molecule has 1 aromatic heterocycles. The number of aromatic nitrogens is 1. The first kappa shape index (κ1) is 18.9. The van der Waals surface area contributed by atoms with Crippen LogP contribution in [0, 0.1) is 18.2 Å². The Kier molecular flexibility index (Phi) is 5.37. The van der Waals surface area contributed by atoms with Crippen LogP contribution in [0.2, 0.25) is 0 Å². The lowest BCUT2D eigenvalue weighted by atomic mass is 9.66. The van der Waals surface area contributed by atoms with Crippen molar-refractivity contribution in [2.75, 3.05) is 0 Å². The number of fused-ring (bicyclic) bond motifs is 1. The van der Waals surface area contributed by atoms with E-state index < -0.39 is 5.82 Å². The van der Waals surface area contributed by atoms with Gasteiger partial charge in [0, 0.05) is 17.8 Å². The maximum absolute atomic E-state index is 14.6. The van der Waals surface area contributed by atoms with Crippen molar-refractivity contribution in [3.8, 4) is 5.75 Å². The predicted octanol–water partition coefficient (Wildman–Crippen LogP) is 4.43. The van der Waals surface area contributed by atoms with Crippen LogP contribution < -0.4 is 16.0 Å². The van der Waals surface area contributed by atoms with E-state index in [1.807, 2.05) is 6.92 Å². The number of H-pyrrole nitrogens is 1. The van der Waals surface area contributed by atoms with Gasteiger partial charge in [0.05, 0.1) is 11.5 Å². The van der Waals surface area contributed by atoms with E-state index in [0.29, 0.717) is 10.9 Å². The molecule has 4 nitrogen and oxygen atoms in total. The Morgan fingerprint density at radius 2 is 2.04 bits per heavy atom. The summed E-state index contributed by atoms with van der Waals surface area (Å²) in [6.07, 6.45) is 7.41. The summed E-state index contributed by atoms with van der Waals surface area (Å²) >= 11 is 0. The zero-order valence-electron chi connectivity index (χ0n) is 15.9. The number of benzene rings is 1. The van der Waals surface area contributed by atoms with Gasteiger partial charge in [0.25, 0.3) is 5.56 Å². The van der Waals surface area contributed by atoms with Gasteiger partial charge in [0.1, 0.15) is 0 Å². The van der Waals surface area contributed by atoms with Gasteiger partial charge in [0.2, 0.25) is 0 Å². The fourth-order valence-electron chi connectivity index (χ4n) is 4.47. The van der Waals surface area contributed by atoms with Gasteiger partial charge < -0.3 is 15.5 Å². The van der Waals surface area contributed by atoms with Crippen molar-refractivity contribution >= 4 is 10.8 Å². The lowest BCUT2D eigenvalue weighted by Gasteiger charge is -2.43. The second-order valence-electron chi connectivity index (χ2n) is 7.63. The molecule has 0 spiro atoms. The maximum atomic E-state index is 14.6. The molecule has 1 aliphatic rings. The zero-order chi connectivity index (χ0) is 18.9. The molecule has 1 fully saturated rings. The van der Waals surface area contributed by atoms with Crippen LogP contribution in [-0.2, 0) is 0 Å². The predicted molar refractivity (Wildman–Crippen MR) is 103 cm³/mol. The third-order valence-corrected chi connectivity index (χ3v) is 6.38. The topological polar surface area (TPSA) is 68.1 Å². The lowest BCUT2D eigenvalue weighted by molar-refractivity contribution is 0.0545. The third kappa shape index (κ3) is 3.25. The molecule has 0 radical (unpaired) electrons. The second kappa shape index (κ2) is 7.39. The van der Waals surface area contributed by atoms with Crippen LogP contribution in [0.15, 0.2) is 23.1 Å². The molecule has 0 bridgehead atoms. The molecule has 0 aliphatic heterocycles. The number of pyridine rings is 1. The summed E-state index contributed by atoms with van der Waals surface area (Å²) in [5.74, 6) is -0.193. The van der Waals surface area contributed by atoms with Crippen molar-refractivity contribution in [3.63, 3.8) is 0 Å². The summed E-state index contributed by atoms with van der Waals surface area (Å²) in [6.45, 7) is 6.16. The number of hydrogen-bond acceptors (Lipinski definition) is 3. The Morgan fingerprint density at radius 3 is 2.65 bits per heavy atom. The van der Waals surface area contributed by atoms with E-state index in [2.05, 4.69) is 18.8 Å². The maximum Gasteiger partial charge on any atom is 0.255 e. The van der Waals surface area contributed by atoms with Gasteiger partial charge in [-0.15, -0.1) is 0 Å². The molecule has 1 aromatic carbocycles. The number of nitrogens with two attached hydrogens (primary N) is 1. The number of halogens is 1. The van der Waals surface area contributed by atoms with Crippen molar-refractivity contribution < 1.29 is 9.13 Å². The van der Waals surface area contributed by atoms with E-state index in [9.17, 15) is 9.18 Å². The molecule has 5 heteroatoms. The molecular formula is C21H29FN2O2. The molecule has 26 heavy (non-hydrogen) atoms. The molecule has 142 valence electrons. The Hall–Kier alpha value is -1.88. The number of hydrogen-bond donors (Lipinski definition) is 2. The van der Waals surface area contributed by atoms with Gasteiger partial charge in [-0.2, -0.15) is 0 Å². The highest BCUT2D eigenvalue weighted by Crippen LogP contribution is 2.44. The van der Waals surface area contributed by atoms with E-state index in [-0.39, 0.29) is 28.9 Å². The molecular weight excluding hydrogens is 331 g/mol. The largest absolute Gasteiger partial charge is 0.487 e. The van der Waals surface area contributed by atoms with Crippen LogP contribution in [0.1, 0.15) is 57.9 Å². The molecule has 0 amide bonds. The Balaban J connectivity index is 1.82. The summed E-state index contributed by atoms with van der Waals surface area (Å²) in [6, 6.07) is 3.28. The molecule has 3 rings (SSSR count). The first-order valence-electron chi connectivity index (χ1n) is 9.64. The first-order chi connectivity index (χ1) is 12.4. The lowest BCUT2D eigenvalue weighted by Crippen LogP contribution is -2.45. The van der Waals surface area contributed by atoms with Crippen molar-refractivity contribution in [1.29, 1.82) is 0 Å². The normalized spacial score (nSPS) is 24.6. The van der Waals surface area contributed by atoms with E-state index >= 15 is 0 Å². The fraction of sp³-hybridized carbons (Fsp3) is 0.571. The minimum absolute atomic E-state index is 0.00798. The average Bonchev–Trinajstić information content (AvgIpc) is 2.66. The highest BCUT2D eigenvalue weighted by Gasteiger charge is 2.38. The van der Waals surface area contributed by atoms with Crippen LogP contribution in [0.5, 0.6) is 5.75 Å². The van der Waals surface area contributed by atoms with Gasteiger partial charge in [-0.1, -0.05) is 13.8 Å². The fourth-order valence-corrected chi connectivity index (χ4v) is 4.47. The number of aryl methyl sites for hydroxylation is 1. The highest BCUT2D eigenvalue weighted by molar-refractivity contribution is 5.86. The van der Waals surface area contributed by atoms with Crippen LogP contribution >= 0.6 is 0 Å². The quantitative estimate of drug-likeness (QED) is 0.829. The summed E-state index contributed by atoms with van der Waals surface area (Å²) in [5.41, 5.74) is 6.96. The number of ether oxygens (including phenoxy) is 1. The Morgan fingerprint density at radius 1 is 1.35 bits per heavy atom. The van der Waals surface area contributed by atoms with Gasteiger partial charge in [-0.3, -0.25) is 4.79 Å². The van der Waals surface area contributed by atoms with Crippen molar-refractivity contribution in [2.24, 2.45) is 11.1 Å². The minimum atomic E-state index is -0.468. The molecule has 0 unspecified atom stereocenters. The van der Waals surface area contributed by atoms with Gasteiger partial charge in [-0.25, -0.2) is 4.39 Å². The number of aromatic amines is 1. The molecule has 1 heterocycles. The van der Waals surface area contributed by atoms with Crippen LogP contribution in [-0.4, -0.2) is 17.1 Å². The zero-order valence-corrected chi connectivity index (χ0v) is 15.9. The second-order valence-corrected chi connectivity index (χ2v) is 7.63. The monoisotopic (exact) mass is 360 g/mol. The summed E-state index contributed by atoms with van der Waals surface area (Å²) in [7, 11) is 0. The van der Waals surface area contributed by atoms with E-state index in [4.69, 9.17) is 10.5 Å². The average molecular weight is 360 g/mol. The van der Waals surface area contributed by atoms with Crippen LogP contribution in [0.3, 0.4) is 0 Å².